The predicted molar refractivity (Wildman–Crippen MR) is 170 cm³/mol. The number of methoxy groups -OCH3 is 1. The number of aryl methyl sites for hydroxylation is 1. The summed E-state index contributed by atoms with van der Waals surface area (Å²) in [6, 6.07) is 26.0. The van der Waals surface area contributed by atoms with Gasteiger partial charge >= 0.3 is 5.97 Å². The molecule has 0 aliphatic rings. The van der Waals surface area contributed by atoms with E-state index in [1.54, 1.807) is 25.6 Å². The van der Waals surface area contributed by atoms with Crippen molar-refractivity contribution in [2.24, 2.45) is 5.92 Å². The van der Waals surface area contributed by atoms with Gasteiger partial charge in [0, 0.05) is 28.5 Å². The summed E-state index contributed by atoms with van der Waals surface area (Å²) in [5.41, 5.74) is 4.90. The van der Waals surface area contributed by atoms with Crippen molar-refractivity contribution in [1.82, 2.24) is 4.98 Å². The number of pyridine rings is 1. The number of fused-ring (bicyclic) bond motifs is 1. The lowest BCUT2D eigenvalue weighted by Crippen LogP contribution is -2.22. The smallest absolute Gasteiger partial charge is 0.309 e. The highest BCUT2D eigenvalue weighted by Crippen LogP contribution is 2.36. The van der Waals surface area contributed by atoms with Crippen LogP contribution in [-0.4, -0.2) is 40.6 Å². The lowest BCUT2D eigenvalue weighted by atomic mass is 9.90. The Morgan fingerprint density at radius 2 is 1.83 bits per heavy atom. The van der Waals surface area contributed by atoms with Crippen molar-refractivity contribution >= 4 is 52.4 Å². The summed E-state index contributed by atoms with van der Waals surface area (Å²) < 4.78 is 5.17. The lowest BCUT2D eigenvalue weighted by molar-refractivity contribution is -0.142. The van der Waals surface area contributed by atoms with Gasteiger partial charge in [0.15, 0.2) is 0 Å². The standard InChI is InChI=1S/C34H36ClNO4S/c1-34(2,39)30-10-5-4-8-24(30)14-18-32(41-22-27(21-40-3)33(37)38)26-9-6-7-23(19-26)11-16-29-17-13-25-12-15-28(35)20-31(25)36-29/h4-13,15-17,19-20,27,32,39H,14,18,21-22H2,1-3H3,(H,37,38)/t27?,32-/m0/s1. The van der Waals surface area contributed by atoms with E-state index in [4.69, 9.17) is 21.3 Å². The molecule has 0 aliphatic heterocycles. The Kier molecular flexibility index (Phi) is 10.6. The summed E-state index contributed by atoms with van der Waals surface area (Å²) in [6.07, 6.45) is 5.57. The van der Waals surface area contributed by atoms with Crippen LogP contribution in [-0.2, 0) is 21.6 Å². The van der Waals surface area contributed by atoms with Gasteiger partial charge in [0.25, 0.3) is 0 Å². The summed E-state index contributed by atoms with van der Waals surface area (Å²) in [5, 5.41) is 22.1. The van der Waals surface area contributed by atoms with Crippen LogP contribution in [0.15, 0.2) is 78.9 Å². The molecule has 0 aliphatic carbocycles. The fourth-order valence-corrected chi connectivity index (χ4v) is 6.33. The molecule has 0 amide bonds. The predicted octanol–water partition coefficient (Wildman–Crippen LogP) is 8.04. The second-order valence-corrected chi connectivity index (χ2v) is 12.3. The van der Waals surface area contributed by atoms with E-state index in [-0.39, 0.29) is 11.9 Å². The maximum atomic E-state index is 11.8. The van der Waals surface area contributed by atoms with Gasteiger partial charge in [0.05, 0.1) is 29.3 Å². The van der Waals surface area contributed by atoms with Crippen LogP contribution in [0, 0.1) is 5.92 Å². The molecule has 0 radical (unpaired) electrons. The molecule has 0 saturated heterocycles. The molecule has 0 fully saturated rings. The highest BCUT2D eigenvalue weighted by molar-refractivity contribution is 7.99. The number of nitrogens with zero attached hydrogens (tertiary/aromatic N) is 1. The molecule has 0 bridgehead atoms. The molecule has 41 heavy (non-hydrogen) atoms. The van der Waals surface area contributed by atoms with E-state index in [9.17, 15) is 15.0 Å². The Labute approximate surface area is 251 Å². The van der Waals surface area contributed by atoms with Crippen LogP contribution in [0.5, 0.6) is 0 Å². The second kappa shape index (κ2) is 14.1. The molecule has 1 heterocycles. The average molecular weight is 590 g/mol. The highest BCUT2D eigenvalue weighted by Gasteiger charge is 2.23. The van der Waals surface area contributed by atoms with E-state index >= 15 is 0 Å². The number of thioether (sulfide) groups is 1. The van der Waals surface area contributed by atoms with Gasteiger partial charge in [-0.05, 0) is 73.2 Å². The molecule has 2 atom stereocenters. The summed E-state index contributed by atoms with van der Waals surface area (Å²) in [4.78, 5) is 16.5. The second-order valence-electron chi connectivity index (χ2n) is 10.6. The van der Waals surface area contributed by atoms with E-state index in [2.05, 4.69) is 18.2 Å². The van der Waals surface area contributed by atoms with Crippen LogP contribution in [0.2, 0.25) is 5.02 Å². The van der Waals surface area contributed by atoms with Crippen LogP contribution >= 0.6 is 23.4 Å². The summed E-state index contributed by atoms with van der Waals surface area (Å²) >= 11 is 7.79. The Bertz CT molecular complexity index is 1510. The van der Waals surface area contributed by atoms with Gasteiger partial charge in [-0.25, -0.2) is 4.98 Å². The topological polar surface area (TPSA) is 79.7 Å². The maximum absolute atomic E-state index is 11.8. The minimum atomic E-state index is -0.945. The largest absolute Gasteiger partial charge is 0.481 e. The van der Waals surface area contributed by atoms with E-state index < -0.39 is 17.5 Å². The Balaban J connectivity index is 1.58. The molecule has 1 unspecified atom stereocenters. The van der Waals surface area contributed by atoms with Crippen molar-refractivity contribution in [2.45, 2.75) is 37.5 Å². The van der Waals surface area contributed by atoms with Crippen LogP contribution in [0.3, 0.4) is 0 Å². The van der Waals surface area contributed by atoms with Gasteiger partial charge in [0.2, 0.25) is 0 Å². The summed E-state index contributed by atoms with van der Waals surface area (Å²) in [5.74, 6) is -1.01. The van der Waals surface area contributed by atoms with Gasteiger partial charge in [-0.1, -0.05) is 78.3 Å². The summed E-state index contributed by atoms with van der Waals surface area (Å²) in [7, 11) is 1.53. The number of aliphatic hydroxyl groups is 1. The lowest BCUT2D eigenvalue weighted by Gasteiger charge is -2.24. The van der Waals surface area contributed by atoms with Crippen LogP contribution in [0.25, 0.3) is 23.1 Å². The summed E-state index contributed by atoms with van der Waals surface area (Å²) in [6.45, 7) is 3.77. The first-order valence-corrected chi connectivity index (χ1v) is 15.0. The number of aliphatic carboxylic acids is 1. The minimum Gasteiger partial charge on any atom is -0.481 e. The third kappa shape index (κ3) is 8.66. The number of aromatic nitrogens is 1. The number of hydrogen-bond donors (Lipinski definition) is 2. The van der Waals surface area contributed by atoms with E-state index in [0.717, 1.165) is 51.7 Å². The molecule has 2 N–H and O–H groups in total. The van der Waals surface area contributed by atoms with Gasteiger partial charge in [-0.15, -0.1) is 0 Å². The van der Waals surface area contributed by atoms with Gasteiger partial charge in [-0.3, -0.25) is 4.79 Å². The Morgan fingerprint density at radius 1 is 1.05 bits per heavy atom. The van der Waals surface area contributed by atoms with Crippen molar-refractivity contribution in [2.75, 3.05) is 19.5 Å². The molecule has 5 nitrogen and oxygen atoms in total. The number of halogens is 1. The normalized spacial score (nSPS) is 13.5. The fraction of sp³-hybridized carbons (Fsp3) is 0.294. The molecule has 214 valence electrons. The van der Waals surface area contributed by atoms with E-state index in [1.165, 1.54) is 7.11 Å². The number of benzene rings is 3. The zero-order valence-electron chi connectivity index (χ0n) is 23.6. The average Bonchev–Trinajstić information content (AvgIpc) is 2.95. The highest BCUT2D eigenvalue weighted by atomic mass is 35.5. The molecule has 0 spiro atoms. The quantitative estimate of drug-likeness (QED) is 0.164. The molecular weight excluding hydrogens is 554 g/mol. The maximum Gasteiger partial charge on any atom is 0.309 e. The third-order valence-corrected chi connectivity index (χ3v) is 8.71. The first-order valence-electron chi connectivity index (χ1n) is 13.6. The molecule has 4 aromatic rings. The first kappa shape index (κ1) is 30.8. The van der Waals surface area contributed by atoms with Gasteiger partial charge in [0.1, 0.15) is 0 Å². The zero-order chi connectivity index (χ0) is 29.4. The molecule has 4 rings (SSSR count). The molecular formula is C34H36ClNO4S. The SMILES string of the molecule is COCC(CS[C@@H](CCc1ccccc1C(C)(C)O)c1cccc(C=Cc2ccc3ccc(Cl)cc3n2)c1)C(=O)O. The zero-order valence-corrected chi connectivity index (χ0v) is 25.2. The van der Waals surface area contributed by atoms with Crippen molar-refractivity contribution in [1.29, 1.82) is 0 Å². The van der Waals surface area contributed by atoms with Crippen molar-refractivity contribution in [3.05, 3.63) is 112 Å². The van der Waals surface area contributed by atoms with Crippen LogP contribution in [0.4, 0.5) is 0 Å². The first-order chi connectivity index (χ1) is 19.6. The monoisotopic (exact) mass is 589 g/mol. The van der Waals surface area contributed by atoms with Gasteiger partial charge in [-0.2, -0.15) is 11.8 Å². The number of carboxylic acids is 1. The van der Waals surface area contributed by atoms with Crippen LogP contribution < -0.4 is 0 Å². The third-order valence-electron chi connectivity index (χ3n) is 6.97. The molecule has 1 aromatic heterocycles. The number of hydrogen-bond acceptors (Lipinski definition) is 5. The van der Waals surface area contributed by atoms with E-state index in [1.807, 2.05) is 72.8 Å². The Hall–Kier alpha value is -3.16. The van der Waals surface area contributed by atoms with Crippen LogP contribution in [0.1, 0.15) is 53.5 Å². The number of rotatable bonds is 13. The Morgan fingerprint density at radius 3 is 2.59 bits per heavy atom. The number of ether oxygens (including phenoxy) is 1. The molecule has 7 heteroatoms. The van der Waals surface area contributed by atoms with Crippen molar-refractivity contribution < 1.29 is 19.7 Å². The van der Waals surface area contributed by atoms with Crippen molar-refractivity contribution in [3.8, 4) is 0 Å². The molecule has 3 aromatic carbocycles. The van der Waals surface area contributed by atoms with Gasteiger partial charge < -0.3 is 14.9 Å². The number of carbonyl (C=O) groups is 1. The number of carboxylic acid groups (broad SMARTS) is 1. The van der Waals surface area contributed by atoms with E-state index in [0.29, 0.717) is 10.8 Å². The minimum absolute atomic E-state index is 0.0536. The van der Waals surface area contributed by atoms with Crippen molar-refractivity contribution in [3.63, 3.8) is 0 Å². The molecule has 0 saturated carbocycles. The fourth-order valence-electron chi connectivity index (χ4n) is 4.84.